The van der Waals surface area contributed by atoms with Crippen LogP contribution in [0.2, 0.25) is 0 Å². The van der Waals surface area contributed by atoms with Crippen LogP contribution in [0.1, 0.15) is 65.6 Å². The summed E-state index contributed by atoms with van der Waals surface area (Å²) in [6.45, 7) is 2.06. The summed E-state index contributed by atoms with van der Waals surface area (Å²) < 4.78 is 35.7. The van der Waals surface area contributed by atoms with E-state index in [9.17, 15) is 18.4 Å². The second kappa shape index (κ2) is 9.40. The van der Waals surface area contributed by atoms with Crippen molar-refractivity contribution < 1.29 is 18.3 Å². The van der Waals surface area contributed by atoms with Crippen molar-refractivity contribution in [3.63, 3.8) is 0 Å². The highest BCUT2D eigenvalue weighted by Gasteiger charge is 2.27. The molecule has 1 fully saturated rings. The fourth-order valence-electron chi connectivity index (χ4n) is 4.01. The Bertz CT molecular complexity index is 1440. The zero-order chi connectivity index (χ0) is 24.5. The van der Waals surface area contributed by atoms with E-state index in [2.05, 4.69) is 4.98 Å². The zero-order valence-electron chi connectivity index (χ0n) is 19.1. The molecule has 35 heavy (non-hydrogen) atoms. The van der Waals surface area contributed by atoms with E-state index in [0.29, 0.717) is 22.9 Å². The lowest BCUT2D eigenvalue weighted by Crippen LogP contribution is -2.25. The lowest BCUT2D eigenvalue weighted by molar-refractivity contribution is 0.0984. The van der Waals surface area contributed by atoms with E-state index in [1.165, 1.54) is 24.3 Å². The normalized spacial score (nSPS) is 14.4. The van der Waals surface area contributed by atoms with E-state index in [0.717, 1.165) is 18.5 Å². The maximum Gasteiger partial charge on any atom is 0.280 e. The largest absolute Gasteiger partial charge is 0.491 e. The number of fused-ring (bicyclic) bond motifs is 1. The summed E-state index contributed by atoms with van der Waals surface area (Å²) >= 11 is 0. The molecule has 7 nitrogen and oxygen atoms in total. The van der Waals surface area contributed by atoms with E-state index >= 15 is 0 Å². The molecule has 9 heteroatoms. The Morgan fingerprint density at radius 2 is 1.97 bits per heavy atom. The Labute approximate surface area is 200 Å². The first kappa shape index (κ1) is 22.9. The van der Waals surface area contributed by atoms with Crippen LogP contribution in [0.3, 0.4) is 0 Å². The van der Waals surface area contributed by atoms with Crippen molar-refractivity contribution in [2.24, 2.45) is 0 Å². The van der Waals surface area contributed by atoms with Gasteiger partial charge < -0.3 is 13.7 Å². The van der Waals surface area contributed by atoms with E-state index in [4.69, 9.17) is 9.72 Å². The summed E-state index contributed by atoms with van der Waals surface area (Å²) in [6.07, 6.45) is 4.81. The highest BCUT2D eigenvalue weighted by atomic mass is 19.3. The second-order valence-electron chi connectivity index (χ2n) is 8.82. The van der Waals surface area contributed by atoms with E-state index in [1.807, 2.05) is 17.5 Å². The van der Waals surface area contributed by atoms with Gasteiger partial charge in [-0.05, 0) is 38.0 Å². The van der Waals surface area contributed by atoms with Crippen molar-refractivity contribution in [3.8, 4) is 5.75 Å². The minimum atomic E-state index is -2.76. The number of carbonyl (C=O) groups excluding carboxylic acids is 1. The molecule has 1 saturated carbocycles. The van der Waals surface area contributed by atoms with Crippen molar-refractivity contribution in [2.45, 2.75) is 44.6 Å². The molecule has 4 aromatic heterocycles. The lowest BCUT2D eigenvalue weighted by Gasteiger charge is -2.18. The monoisotopic (exact) mass is 478 g/mol. The van der Waals surface area contributed by atoms with Crippen LogP contribution in [-0.2, 0) is 6.42 Å². The Hall–Kier alpha value is -3.88. The molecule has 0 radical (unpaired) electrons. The number of halogens is 2. The summed E-state index contributed by atoms with van der Waals surface area (Å²) in [4.78, 5) is 33.6. The molecule has 4 aromatic rings. The molecule has 0 N–H and O–H groups in total. The number of rotatable bonds is 9. The smallest absolute Gasteiger partial charge is 0.280 e. The van der Waals surface area contributed by atoms with E-state index in [-0.39, 0.29) is 30.3 Å². The average molecular weight is 478 g/mol. The SMILES string of the molecule is C[C@H](COc1cc2nc(C3CC3)cn2cc1CC(=O)c1cccc(C(F)F)n1)n1ccccc1=O. The first-order chi connectivity index (χ1) is 16.9. The van der Waals surface area contributed by atoms with Gasteiger partial charge in [0.1, 0.15) is 29.4 Å². The molecule has 0 unspecified atom stereocenters. The summed E-state index contributed by atoms with van der Waals surface area (Å²) in [5.74, 6) is 0.516. The molecular weight excluding hydrogens is 454 g/mol. The Kier molecular flexibility index (Phi) is 6.15. The van der Waals surface area contributed by atoms with Crippen LogP contribution < -0.4 is 10.3 Å². The Balaban J connectivity index is 1.44. The molecule has 0 bridgehead atoms. The van der Waals surface area contributed by atoms with E-state index < -0.39 is 17.9 Å². The molecule has 1 aliphatic rings. The molecule has 0 saturated heterocycles. The Morgan fingerprint density at radius 3 is 2.71 bits per heavy atom. The van der Waals surface area contributed by atoms with Gasteiger partial charge in [-0.2, -0.15) is 0 Å². The highest BCUT2D eigenvalue weighted by molar-refractivity contribution is 5.96. The van der Waals surface area contributed by atoms with Gasteiger partial charge in [0.05, 0.1) is 11.7 Å². The second-order valence-corrected chi connectivity index (χ2v) is 8.82. The predicted octanol–water partition coefficient (Wildman–Crippen LogP) is 4.77. The average Bonchev–Trinajstić information content (AvgIpc) is 3.62. The molecule has 0 aliphatic heterocycles. The number of hydrogen-bond donors (Lipinski definition) is 0. The van der Waals surface area contributed by atoms with Gasteiger partial charge in [0.2, 0.25) is 0 Å². The molecule has 0 amide bonds. The molecule has 1 atom stereocenters. The van der Waals surface area contributed by atoms with Crippen LogP contribution in [0.25, 0.3) is 5.65 Å². The number of ketones is 1. The van der Waals surface area contributed by atoms with Gasteiger partial charge in [0.15, 0.2) is 5.78 Å². The number of alkyl halides is 2. The lowest BCUT2D eigenvalue weighted by atomic mass is 10.1. The molecule has 1 aliphatic carbocycles. The van der Waals surface area contributed by atoms with Crippen LogP contribution in [0.4, 0.5) is 8.78 Å². The van der Waals surface area contributed by atoms with Gasteiger partial charge in [-0.15, -0.1) is 0 Å². The van der Waals surface area contributed by atoms with Crippen LogP contribution >= 0.6 is 0 Å². The fourth-order valence-corrected chi connectivity index (χ4v) is 4.01. The van der Waals surface area contributed by atoms with Gasteiger partial charge in [0.25, 0.3) is 12.0 Å². The number of imidazole rings is 1. The molecule has 0 spiro atoms. The standard InChI is InChI=1S/C26H24F2N4O3/c1-16(32-10-3-2-7-25(32)34)15-35-23-12-24-30-21(17-8-9-17)14-31(24)13-18(23)11-22(33)19-5-4-6-20(29-19)26(27)28/h2-7,10,12-14,16-17,26H,8-9,11,15H2,1H3/t16-/m1/s1. The number of nitrogens with zero attached hydrogens (tertiary/aromatic N) is 4. The van der Waals surface area contributed by atoms with Gasteiger partial charge in [0, 0.05) is 48.6 Å². The number of ether oxygens (including phenoxy) is 1. The number of carbonyl (C=O) groups is 1. The van der Waals surface area contributed by atoms with Crippen LogP contribution in [0.15, 0.2) is 65.8 Å². The first-order valence-electron chi connectivity index (χ1n) is 11.5. The summed E-state index contributed by atoms with van der Waals surface area (Å²) in [6, 6.07) is 10.5. The maximum atomic E-state index is 13.1. The van der Waals surface area contributed by atoms with Crippen molar-refractivity contribution in [3.05, 3.63) is 94.1 Å². The minimum Gasteiger partial charge on any atom is -0.491 e. The van der Waals surface area contributed by atoms with Gasteiger partial charge in [-0.25, -0.2) is 18.7 Å². The van der Waals surface area contributed by atoms with Crippen LogP contribution in [0, 0.1) is 0 Å². The minimum absolute atomic E-state index is 0.0256. The third kappa shape index (κ3) is 4.99. The van der Waals surface area contributed by atoms with Gasteiger partial charge in [-0.3, -0.25) is 9.59 Å². The molecule has 5 rings (SSSR count). The summed E-state index contributed by atoms with van der Waals surface area (Å²) in [5, 5.41) is 0. The summed E-state index contributed by atoms with van der Waals surface area (Å²) in [7, 11) is 0. The topological polar surface area (TPSA) is 78.5 Å². The third-order valence-corrected chi connectivity index (χ3v) is 6.08. The summed E-state index contributed by atoms with van der Waals surface area (Å²) in [5.41, 5.74) is 1.67. The molecule has 4 heterocycles. The van der Waals surface area contributed by atoms with Gasteiger partial charge in [-0.1, -0.05) is 12.1 Å². The zero-order valence-corrected chi connectivity index (χ0v) is 19.1. The quantitative estimate of drug-likeness (QED) is 0.324. The number of pyridine rings is 3. The Morgan fingerprint density at radius 1 is 1.14 bits per heavy atom. The number of hydrogen-bond acceptors (Lipinski definition) is 5. The first-order valence-corrected chi connectivity index (χ1v) is 11.5. The predicted molar refractivity (Wildman–Crippen MR) is 125 cm³/mol. The number of aromatic nitrogens is 4. The van der Waals surface area contributed by atoms with Crippen LogP contribution in [-0.4, -0.2) is 31.3 Å². The van der Waals surface area contributed by atoms with Crippen molar-refractivity contribution in [1.82, 2.24) is 18.9 Å². The van der Waals surface area contributed by atoms with Crippen molar-refractivity contribution >= 4 is 11.4 Å². The van der Waals surface area contributed by atoms with E-state index in [1.54, 1.807) is 35.2 Å². The van der Waals surface area contributed by atoms with Crippen molar-refractivity contribution in [2.75, 3.05) is 6.61 Å². The number of Topliss-reactive ketones (excluding diaryl/α,β-unsaturated/α-hetero) is 1. The third-order valence-electron chi connectivity index (χ3n) is 6.08. The molecule has 0 aromatic carbocycles. The van der Waals surface area contributed by atoms with Gasteiger partial charge >= 0.3 is 0 Å². The fraction of sp³-hybridized carbons (Fsp3) is 0.308. The van der Waals surface area contributed by atoms with Crippen molar-refractivity contribution in [1.29, 1.82) is 0 Å². The molecule has 180 valence electrons. The van der Waals surface area contributed by atoms with Crippen LogP contribution in [0.5, 0.6) is 5.75 Å². The molecular formula is C26H24F2N4O3. The maximum absolute atomic E-state index is 13.1. The highest BCUT2D eigenvalue weighted by Crippen LogP contribution is 2.39.